The molecule has 18 heavy (non-hydrogen) atoms. The Labute approximate surface area is 108 Å². The Hall–Kier alpha value is -1.57. The van der Waals surface area contributed by atoms with Gasteiger partial charge < -0.3 is 14.8 Å². The smallest absolute Gasteiger partial charge is 0.162 e. The molecule has 0 saturated carbocycles. The van der Waals surface area contributed by atoms with Crippen molar-refractivity contribution in [3.05, 3.63) is 29.3 Å². The fraction of sp³-hybridized carbons (Fsp3) is 0.500. The van der Waals surface area contributed by atoms with Gasteiger partial charge in [0.1, 0.15) is 6.07 Å². The summed E-state index contributed by atoms with van der Waals surface area (Å²) < 4.78 is 11.2. The molecule has 0 unspecified atom stereocenters. The summed E-state index contributed by atoms with van der Waals surface area (Å²) in [6, 6.07) is 8.08. The molecule has 0 aliphatic carbocycles. The van der Waals surface area contributed by atoms with Crippen molar-refractivity contribution in [3.63, 3.8) is 0 Å². The van der Waals surface area contributed by atoms with Gasteiger partial charge in [0.05, 0.1) is 30.5 Å². The van der Waals surface area contributed by atoms with E-state index < -0.39 is 5.79 Å². The number of anilines is 1. The topological polar surface area (TPSA) is 54.3 Å². The number of aryl methyl sites for hydroxylation is 1. The Balaban J connectivity index is 2.07. The standard InChI is InChI=1S/C14H18N2O2/c1-10-5-4-6-13(12(10)7-15)16-11-8-17-14(2,3)18-9-11/h4-6,11,16H,8-9H2,1-3H3. The third kappa shape index (κ3) is 2.81. The number of nitrogens with zero attached hydrogens (tertiary/aromatic N) is 1. The third-order valence-electron chi connectivity index (χ3n) is 3.01. The molecule has 0 atom stereocenters. The van der Waals surface area contributed by atoms with Crippen LogP contribution in [-0.2, 0) is 9.47 Å². The van der Waals surface area contributed by atoms with Gasteiger partial charge in [0, 0.05) is 0 Å². The van der Waals surface area contributed by atoms with Crippen LogP contribution in [0, 0.1) is 18.3 Å². The summed E-state index contributed by atoms with van der Waals surface area (Å²) in [5.41, 5.74) is 2.50. The van der Waals surface area contributed by atoms with Crippen LogP contribution in [0.5, 0.6) is 0 Å². The molecular weight excluding hydrogens is 228 g/mol. The van der Waals surface area contributed by atoms with E-state index in [9.17, 15) is 0 Å². The summed E-state index contributed by atoms with van der Waals surface area (Å²) in [6.45, 7) is 6.88. The van der Waals surface area contributed by atoms with Gasteiger partial charge in [-0.25, -0.2) is 0 Å². The van der Waals surface area contributed by atoms with Crippen molar-refractivity contribution in [1.82, 2.24) is 0 Å². The average Bonchev–Trinajstić information content (AvgIpc) is 2.32. The molecule has 96 valence electrons. The van der Waals surface area contributed by atoms with Crippen LogP contribution >= 0.6 is 0 Å². The fourth-order valence-corrected chi connectivity index (χ4v) is 1.93. The molecule has 1 aromatic carbocycles. The van der Waals surface area contributed by atoms with Gasteiger partial charge in [0.2, 0.25) is 0 Å². The Bertz CT molecular complexity index is 467. The zero-order valence-corrected chi connectivity index (χ0v) is 11.0. The molecule has 0 aromatic heterocycles. The monoisotopic (exact) mass is 246 g/mol. The lowest BCUT2D eigenvalue weighted by Gasteiger charge is -2.35. The van der Waals surface area contributed by atoms with Crippen LogP contribution in [-0.4, -0.2) is 25.0 Å². The van der Waals surface area contributed by atoms with Gasteiger partial charge in [-0.3, -0.25) is 0 Å². The Kier molecular flexibility index (Phi) is 3.55. The third-order valence-corrected chi connectivity index (χ3v) is 3.01. The molecule has 0 spiro atoms. The van der Waals surface area contributed by atoms with Crippen LogP contribution in [0.1, 0.15) is 25.0 Å². The maximum atomic E-state index is 9.16. The summed E-state index contributed by atoms with van der Waals surface area (Å²) in [6.07, 6.45) is 0. The number of nitrogens with one attached hydrogen (secondary N) is 1. The highest BCUT2D eigenvalue weighted by atomic mass is 16.7. The molecule has 1 saturated heterocycles. The van der Waals surface area contributed by atoms with E-state index in [0.717, 1.165) is 11.3 Å². The van der Waals surface area contributed by atoms with E-state index in [0.29, 0.717) is 18.8 Å². The van der Waals surface area contributed by atoms with Crippen LogP contribution in [0.25, 0.3) is 0 Å². The lowest BCUT2D eigenvalue weighted by atomic mass is 10.1. The molecule has 1 aliphatic rings. The summed E-state index contributed by atoms with van der Waals surface area (Å²) in [7, 11) is 0. The molecular formula is C14H18N2O2. The number of ether oxygens (including phenoxy) is 2. The van der Waals surface area contributed by atoms with Crippen LogP contribution in [0.2, 0.25) is 0 Å². The summed E-state index contributed by atoms with van der Waals surface area (Å²) in [4.78, 5) is 0. The van der Waals surface area contributed by atoms with Crippen molar-refractivity contribution in [2.45, 2.75) is 32.6 Å². The first-order valence-electron chi connectivity index (χ1n) is 6.06. The van der Waals surface area contributed by atoms with Crippen molar-refractivity contribution in [3.8, 4) is 6.07 Å². The van der Waals surface area contributed by atoms with E-state index in [1.54, 1.807) is 0 Å². The number of hydrogen-bond acceptors (Lipinski definition) is 4. The zero-order chi connectivity index (χ0) is 13.2. The van der Waals surface area contributed by atoms with Crippen LogP contribution in [0.3, 0.4) is 0 Å². The van der Waals surface area contributed by atoms with Crippen molar-refractivity contribution in [2.75, 3.05) is 18.5 Å². The Morgan fingerprint density at radius 2 is 2.00 bits per heavy atom. The normalized spacial score (nSPS) is 19.2. The molecule has 1 aliphatic heterocycles. The molecule has 0 amide bonds. The van der Waals surface area contributed by atoms with Gasteiger partial charge in [-0.05, 0) is 32.4 Å². The molecule has 4 heteroatoms. The number of benzene rings is 1. The average molecular weight is 246 g/mol. The minimum Gasteiger partial charge on any atom is -0.377 e. The van der Waals surface area contributed by atoms with E-state index in [1.807, 2.05) is 39.0 Å². The van der Waals surface area contributed by atoms with E-state index >= 15 is 0 Å². The summed E-state index contributed by atoms with van der Waals surface area (Å²) in [5, 5.41) is 12.5. The maximum absolute atomic E-state index is 9.16. The van der Waals surface area contributed by atoms with Crippen LogP contribution in [0.4, 0.5) is 5.69 Å². The molecule has 1 aromatic rings. The molecule has 2 rings (SSSR count). The fourth-order valence-electron chi connectivity index (χ4n) is 1.93. The van der Waals surface area contributed by atoms with E-state index in [-0.39, 0.29) is 6.04 Å². The van der Waals surface area contributed by atoms with Crippen molar-refractivity contribution in [2.24, 2.45) is 0 Å². The highest BCUT2D eigenvalue weighted by Gasteiger charge is 2.28. The van der Waals surface area contributed by atoms with Crippen molar-refractivity contribution < 1.29 is 9.47 Å². The molecule has 1 heterocycles. The second-order valence-corrected chi connectivity index (χ2v) is 4.97. The van der Waals surface area contributed by atoms with E-state index in [4.69, 9.17) is 14.7 Å². The number of nitriles is 1. The Morgan fingerprint density at radius 3 is 2.61 bits per heavy atom. The van der Waals surface area contributed by atoms with Crippen molar-refractivity contribution in [1.29, 1.82) is 5.26 Å². The van der Waals surface area contributed by atoms with Gasteiger partial charge in [-0.2, -0.15) is 5.26 Å². The van der Waals surface area contributed by atoms with Gasteiger partial charge >= 0.3 is 0 Å². The highest BCUT2D eigenvalue weighted by Crippen LogP contribution is 2.22. The minimum atomic E-state index is -0.511. The van der Waals surface area contributed by atoms with Gasteiger partial charge in [0.25, 0.3) is 0 Å². The van der Waals surface area contributed by atoms with Crippen LogP contribution < -0.4 is 5.32 Å². The second kappa shape index (κ2) is 4.97. The Morgan fingerprint density at radius 1 is 1.33 bits per heavy atom. The first kappa shape index (κ1) is 12.9. The highest BCUT2D eigenvalue weighted by molar-refractivity contribution is 5.61. The van der Waals surface area contributed by atoms with E-state index in [1.165, 1.54) is 0 Å². The largest absolute Gasteiger partial charge is 0.377 e. The van der Waals surface area contributed by atoms with E-state index in [2.05, 4.69) is 11.4 Å². The van der Waals surface area contributed by atoms with Gasteiger partial charge in [-0.15, -0.1) is 0 Å². The molecule has 4 nitrogen and oxygen atoms in total. The first-order valence-corrected chi connectivity index (χ1v) is 6.06. The van der Waals surface area contributed by atoms with Crippen LogP contribution in [0.15, 0.2) is 18.2 Å². The summed E-state index contributed by atoms with van der Waals surface area (Å²) >= 11 is 0. The molecule has 1 fully saturated rings. The molecule has 0 radical (unpaired) electrons. The predicted molar refractivity (Wildman–Crippen MR) is 69.3 cm³/mol. The summed E-state index contributed by atoms with van der Waals surface area (Å²) in [5.74, 6) is -0.511. The minimum absolute atomic E-state index is 0.0759. The maximum Gasteiger partial charge on any atom is 0.162 e. The predicted octanol–water partition coefficient (Wildman–Crippen LogP) is 2.43. The van der Waals surface area contributed by atoms with Crippen molar-refractivity contribution >= 4 is 5.69 Å². The quantitative estimate of drug-likeness (QED) is 0.870. The number of hydrogen-bond donors (Lipinski definition) is 1. The molecule has 1 N–H and O–H groups in total. The lowest BCUT2D eigenvalue weighted by Crippen LogP contribution is -2.45. The lowest BCUT2D eigenvalue weighted by molar-refractivity contribution is -0.247. The first-order chi connectivity index (χ1) is 8.52. The van der Waals surface area contributed by atoms with Gasteiger partial charge in [-0.1, -0.05) is 12.1 Å². The SMILES string of the molecule is Cc1cccc(NC2COC(C)(C)OC2)c1C#N. The molecule has 0 bridgehead atoms. The number of rotatable bonds is 2. The second-order valence-electron chi connectivity index (χ2n) is 4.97. The van der Waals surface area contributed by atoms with Gasteiger partial charge in [0.15, 0.2) is 5.79 Å². The zero-order valence-electron chi connectivity index (χ0n) is 11.0.